The third-order valence-electron chi connectivity index (χ3n) is 3.28. The number of amides is 1. The van der Waals surface area contributed by atoms with E-state index in [9.17, 15) is 4.79 Å². The van der Waals surface area contributed by atoms with E-state index in [1.165, 1.54) is 5.56 Å². The van der Waals surface area contributed by atoms with E-state index < -0.39 is 0 Å². The van der Waals surface area contributed by atoms with Gasteiger partial charge in [0.2, 0.25) is 5.91 Å². The summed E-state index contributed by atoms with van der Waals surface area (Å²) in [6.07, 6.45) is 2.10. The molecule has 0 atom stereocenters. The maximum absolute atomic E-state index is 12.2. The van der Waals surface area contributed by atoms with Gasteiger partial charge < -0.3 is 10.2 Å². The third kappa shape index (κ3) is 2.14. The maximum Gasteiger partial charge on any atom is 0.229 e. The number of anilines is 2. The molecule has 0 saturated heterocycles. The van der Waals surface area contributed by atoms with E-state index in [-0.39, 0.29) is 11.8 Å². The minimum absolute atomic E-state index is 0.0548. The van der Waals surface area contributed by atoms with Crippen LogP contribution in [0.15, 0.2) is 18.2 Å². The molecule has 0 radical (unpaired) electrons. The molecule has 0 bridgehead atoms. The molecule has 0 unspecified atom stereocenters. The molecular weight excluding hydrogens is 212 g/mol. The van der Waals surface area contributed by atoms with Crippen molar-refractivity contribution in [2.24, 2.45) is 5.92 Å². The Hall–Kier alpha value is -1.51. The first-order chi connectivity index (χ1) is 8.15. The Bertz CT molecular complexity index is 426. The van der Waals surface area contributed by atoms with Gasteiger partial charge in [0.15, 0.2) is 0 Å². The van der Waals surface area contributed by atoms with Crippen LogP contribution in [0.5, 0.6) is 0 Å². The number of carbonyl (C=O) groups is 1. The topological polar surface area (TPSA) is 32.3 Å². The van der Waals surface area contributed by atoms with E-state index >= 15 is 0 Å². The van der Waals surface area contributed by atoms with E-state index in [0.29, 0.717) is 0 Å². The van der Waals surface area contributed by atoms with Gasteiger partial charge in [-0.1, -0.05) is 19.9 Å². The second-order valence-corrected chi connectivity index (χ2v) is 4.80. The lowest BCUT2D eigenvalue weighted by Gasteiger charge is -2.32. The number of benzene rings is 1. The van der Waals surface area contributed by atoms with Gasteiger partial charge in [0.1, 0.15) is 0 Å². The molecular formula is C14H20N2O. The normalized spacial score (nSPS) is 14.7. The van der Waals surface area contributed by atoms with Crippen LogP contribution in [0.4, 0.5) is 11.4 Å². The summed E-state index contributed by atoms with van der Waals surface area (Å²) in [7, 11) is 1.93. The number of fused-ring (bicyclic) bond motifs is 1. The van der Waals surface area contributed by atoms with Crippen molar-refractivity contribution in [1.82, 2.24) is 0 Å². The van der Waals surface area contributed by atoms with Crippen LogP contribution < -0.4 is 10.2 Å². The van der Waals surface area contributed by atoms with Crippen molar-refractivity contribution in [2.45, 2.75) is 26.7 Å². The lowest BCUT2D eigenvalue weighted by atomic mass is 9.98. The number of nitrogens with zero attached hydrogens (tertiary/aromatic N) is 1. The Balaban J connectivity index is 2.41. The zero-order valence-electron chi connectivity index (χ0n) is 10.8. The molecule has 0 fully saturated rings. The summed E-state index contributed by atoms with van der Waals surface area (Å²) in [6, 6.07) is 6.13. The predicted octanol–water partition coefficient (Wildman–Crippen LogP) is 2.66. The highest BCUT2D eigenvalue weighted by atomic mass is 16.2. The molecule has 3 heteroatoms. The van der Waals surface area contributed by atoms with Crippen LogP contribution in [-0.2, 0) is 11.2 Å². The van der Waals surface area contributed by atoms with Gasteiger partial charge in [-0.15, -0.1) is 0 Å². The van der Waals surface area contributed by atoms with Crippen molar-refractivity contribution in [3.05, 3.63) is 23.8 Å². The number of nitrogens with one attached hydrogen (secondary N) is 1. The van der Waals surface area contributed by atoms with Crippen LogP contribution in [-0.4, -0.2) is 19.5 Å². The average molecular weight is 232 g/mol. The van der Waals surface area contributed by atoms with Gasteiger partial charge in [0, 0.05) is 30.9 Å². The van der Waals surface area contributed by atoms with Crippen LogP contribution in [0.1, 0.15) is 25.8 Å². The molecule has 1 aliphatic rings. The molecule has 1 amide bonds. The number of carbonyl (C=O) groups excluding carboxylic acids is 1. The SMILES string of the molecule is CNc1cccc2c1CCCN2C(=O)C(C)C. The van der Waals surface area contributed by atoms with E-state index in [4.69, 9.17) is 0 Å². The van der Waals surface area contributed by atoms with Gasteiger partial charge in [0.05, 0.1) is 0 Å². The van der Waals surface area contributed by atoms with Gasteiger partial charge in [0.25, 0.3) is 0 Å². The highest BCUT2D eigenvalue weighted by Gasteiger charge is 2.25. The van der Waals surface area contributed by atoms with Crippen LogP contribution in [0.2, 0.25) is 0 Å². The maximum atomic E-state index is 12.2. The summed E-state index contributed by atoms with van der Waals surface area (Å²) >= 11 is 0. The molecule has 92 valence electrons. The number of hydrogen-bond donors (Lipinski definition) is 1. The van der Waals surface area contributed by atoms with Gasteiger partial charge >= 0.3 is 0 Å². The fourth-order valence-electron chi connectivity index (χ4n) is 2.40. The van der Waals surface area contributed by atoms with E-state index in [2.05, 4.69) is 17.4 Å². The van der Waals surface area contributed by atoms with Crippen molar-refractivity contribution in [3.8, 4) is 0 Å². The summed E-state index contributed by atoms with van der Waals surface area (Å²) in [4.78, 5) is 14.1. The number of hydrogen-bond acceptors (Lipinski definition) is 2. The fourth-order valence-corrected chi connectivity index (χ4v) is 2.40. The van der Waals surface area contributed by atoms with Gasteiger partial charge in [-0.2, -0.15) is 0 Å². The Morgan fingerprint density at radius 1 is 1.41 bits per heavy atom. The zero-order chi connectivity index (χ0) is 12.4. The Morgan fingerprint density at radius 3 is 2.82 bits per heavy atom. The number of rotatable bonds is 2. The van der Waals surface area contributed by atoms with Gasteiger partial charge in [-0.3, -0.25) is 4.79 Å². The minimum atomic E-state index is 0.0548. The molecule has 1 aromatic carbocycles. The highest BCUT2D eigenvalue weighted by molar-refractivity contribution is 5.96. The van der Waals surface area contributed by atoms with Gasteiger partial charge in [-0.05, 0) is 30.5 Å². The summed E-state index contributed by atoms with van der Waals surface area (Å²) in [6.45, 7) is 4.76. The molecule has 0 spiro atoms. The summed E-state index contributed by atoms with van der Waals surface area (Å²) in [5, 5.41) is 3.21. The molecule has 0 aliphatic carbocycles. The predicted molar refractivity (Wildman–Crippen MR) is 71.5 cm³/mol. The molecule has 1 heterocycles. The monoisotopic (exact) mass is 232 g/mol. The molecule has 1 N–H and O–H groups in total. The quantitative estimate of drug-likeness (QED) is 0.850. The first kappa shape index (κ1) is 12.0. The second kappa shape index (κ2) is 4.78. The van der Waals surface area contributed by atoms with E-state index in [0.717, 1.165) is 30.8 Å². The molecule has 17 heavy (non-hydrogen) atoms. The Morgan fingerprint density at radius 2 is 2.18 bits per heavy atom. The standard InChI is InChI=1S/C14H20N2O/c1-10(2)14(17)16-9-5-6-11-12(15-3)7-4-8-13(11)16/h4,7-8,10,15H,5-6,9H2,1-3H3. The van der Waals surface area contributed by atoms with Crippen molar-refractivity contribution in [1.29, 1.82) is 0 Å². The first-order valence-electron chi connectivity index (χ1n) is 6.26. The van der Waals surface area contributed by atoms with Crippen molar-refractivity contribution in [3.63, 3.8) is 0 Å². The molecule has 0 aromatic heterocycles. The zero-order valence-corrected chi connectivity index (χ0v) is 10.8. The van der Waals surface area contributed by atoms with Crippen LogP contribution in [0, 0.1) is 5.92 Å². The molecule has 2 rings (SSSR count). The van der Waals surface area contributed by atoms with Crippen LogP contribution in [0.3, 0.4) is 0 Å². The van der Waals surface area contributed by atoms with Gasteiger partial charge in [-0.25, -0.2) is 0 Å². The second-order valence-electron chi connectivity index (χ2n) is 4.80. The largest absolute Gasteiger partial charge is 0.388 e. The molecule has 1 aromatic rings. The smallest absolute Gasteiger partial charge is 0.229 e. The van der Waals surface area contributed by atoms with E-state index in [1.54, 1.807) is 0 Å². The van der Waals surface area contributed by atoms with Crippen LogP contribution in [0.25, 0.3) is 0 Å². The lowest BCUT2D eigenvalue weighted by Crippen LogP contribution is -2.38. The highest BCUT2D eigenvalue weighted by Crippen LogP contribution is 2.33. The van der Waals surface area contributed by atoms with Crippen LogP contribution >= 0.6 is 0 Å². The van der Waals surface area contributed by atoms with E-state index in [1.807, 2.05) is 31.9 Å². The fraction of sp³-hybridized carbons (Fsp3) is 0.500. The summed E-state index contributed by atoms with van der Waals surface area (Å²) in [5.41, 5.74) is 3.50. The van der Waals surface area contributed by atoms with Crippen molar-refractivity contribution in [2.75, 3.05) is 23.8 Å². The van der Waals surface area contributed by atoms with Crippen molar-refractivity contribution >= 4 is 17.3 Å². The minimum Gasteiger partial charge on any atom is -0.388 e. The van der Waals surface area contributed by atoms with Crippen molar-refractivity contribution < 1.29 is 4.79 Å². The summed E-state index contributed by atoms with van der Waals surface area (Å²) in [5.74, 6) is 0.276. The third-order valence-corrected chi connectivity index (χ3v) is 3.28. The molecule has 3 nitrogen and oxygen atoms in total. The summed E-state index contributed by atoms with van der Waals surface area (Å²) < 4.78 is 0. The Labute approximate surface area is 103 Å². The Kier molecular flexibility index (Phi) is 3.36. The molecule has 1 aliphatic heterocycles. The average Bonchev–Trinajstić information content (AvgIpc) is 2.36. The molecule has 0 saturated carbocycles. The first-order valence-corrected chi connectivity index (χ1v) is 6.26. The lowest BCUT2D eigenvalue weighted by molar-refractivity contribution is -0.121.